The van der Waals surface area contributed by atoms with E-state index in [1.54, 1.807) is 12.1 Å². The third kappa shape index (κ3) is 2.63. The third-order valence-electron chi connectivity index (χ3n) is 2.29. The van der Waals surface area contributed by atoms with Gasteiger partial charge in [0.15, 0.2) is 11.5 Å². The van der Waals surface area contributed by atoms with E-state index >= 15 is 0 Å². The Morgan fingerprint density at radius 3 is 2.80 bits per heavy atom. The molecule has 0 aromatic carbocycles. The molecule has 80 valence electrons. The quantitative estimate of drug-likeness (QED) is 0.473. The third-order valence-corrected chi connectivity index (χ3v) is 2.29. The summed E-state index contributed by atoms with van der Waals surface area (Å²) < 4.78 is 0. The lowest BCUT2D eigenvalue weighted by Crippen LogP contribution is -2.26. The molecule has 0 unspecified atom stereocenters. The van der Waals surface area contributed by atoms with E-state index in [-0.39, 0.29) is 5.91 Å². The van der Waals surface area contributed by atoms with Crippen LogP contribution in [0.3, 0.4) is 0 Å². The molecule has 0 spiro atoms. The van der Waals surface area contributed by atoms with Crippen LogP contribution in [-0.2, 0) is 0 Å². The zero-order valence-electron chi connectivity index (χ0n) is 8.23. The Balaban J connectivity index is 1.91. The van der Waals surface area contributed by atoms with Crippen LogP contribution >= 0.6 is 0 Å². The minimum Gasteiger partial charge on any atom is -0.350 e. The number of carbonyl (C=O) groups is 1. The van der Waals surface area contributed by atoms with Crippen LogP contribution in [0.25, 0.3) is 0 Å². The number of nitrogens with zero attached hydrogens (tertiary/aromatic N) is 2. The lowest BCUT2D eigenvalue weighted by molar-refractivity contribution is 0.0946. The summed E-state index contributed by atoms with van der Waals surface area (Å²) in [5, 5.41) is 10.3. The van der Waals surface area contributed by atoms with E-state index < -0.39 is 0 Å². The molecule has 0 bridgehead atoms. The molecule has 0 aliphatic heterocycles. The number of hydrogen-bond acceptors (Lipinski definition) is 5. The second-order valence-electron chi connectivity index (χ2n) is 3.60. The van der Waals surface area contributed by atoms with E-state index in [1.807, 2.05) is 0 Å². The van der Waals surface area contributed by atoms with Gasteiger partial charge in [-0.05, 0) is 30.9 Å². The Kier molecular flexibility index (Phi) is 2.77. The topological polar surface area (TPSA) is 92.9 Å². The number of aromatic nitrogens is 2. The van der Waals surface area contributed by atoms with E-state index in [4.69, 9.17) is 5.84 Å². The fourth-order valence-electron chi connectivity index (χ4n) is 1.18. The number of nitrogens with two attached hydrogens (primary N) is 1. The maximum Gasteiger partial charge on any atom is 0.271 e. The minimum absolute atomic E-state index is 0.182. The van der Waals surface area contributed by atoms with Crippen molar-refractivity contribution in [2.24, 2.45) is 11.8 Å². The number of nitrogen functional groups attached to an aromatic ring is 1. The Hall–Kier alpha value is -1.69. The van der Waals surface area contributed by atoms with Gasteiger partial charge in [0.05, 0.1) is 0 Å². The van der Waals surface area contributed by atoms with Crippen molar-refractivity contribution in [3.05, 3.63) is 17.8 Å². The summed E-state index contributed by atoms with van der Waals surface area (Å²) in [6.07, 6.45) is 2.42. The number of rotatable bonds is 4. The van der Waals surface area contributed by atoms with Gasteiger partial charge in [0.25, 0.3) is 5.91 Å². The molecule has 1 heterocycles. The van der Waals surface area contributed by atoms with Crippen molar-refractivity contribution in [2.75, 3.05) is 12.0 Å². The van der Waals surface area contributed by atoms with E-state index in [1.165, 1.54) is 12.8 Å². The highest BCUT2D eigenvalue weighted by molar-refractivity contribution is 5.92. The molecule has 2 rings (SSSR count). The second kappa shape index (κ2) is 4.22. The normalized spacial score (nSPS) is 14.7. The van der Waals surface area contributed by atoms with Gasteiger partial charge in [-0.3, -0.25) is 4.79 Å². The first-order valence-electron chi connectivity index (χ1n) is 4.88. The largest absolute Gasteiger partial charge is 0.350 e. The Bertz CT molecular complexity index is 346. The zero-order valence-corrected chi connectivity index (χ0v) is 8.23. The molecule has 1 saturated carbocycles. The molecule has 6 nitrogen and oxygen atoms in total. The van der Waals surface area contributed by atoms with Crippen LogP contribution in [0.5, 0.6) is 0 Å². The van der Waals surface area contributed by atoms with E-state index in [0.29, 0.717) is 17.4 Å². The number of amides is 1. The Morgan fingerprint density at radius 2 is 2.27 bits per heavy atom. The number of carbonyl (C=O) groups excluding carboxylic acids is 1. The maximum atomic E-state index is 11.5. The molecule has 1 aliphatic carbocycles. The summed E-state index contributed by atoms with van der Waals surface area (Å²) in [6.45, 7) is 0.734. The first-order chi connectivity index (χ1) is 7.29. The molecule has 4 N–H and O–H groups in total. The van der Waals surface area contributed by atoms with Gasteiger partial charge >= 0.3 is 0 Å². The summed E-state index contributed by atoms with van der Waals surface area (Å²) in [4.78, 5) is 11.5. The van der Waals surface area contributed by atoms with Crippen molar-refractivity contribution in [3.8, 4) is 0 Å². The lowest BCUT2D eigenvalue weighted by Gasteiger charge is -2.03. The number of nitrogens with one attached hydrogen (secondary N) is 2. The summed E-state index contributed by atoms with van der Waals surface area (Å²) in [7, 11) is 0. The standard InChI is InChI=1S/C9H13N5O/c10-12-8-4-3-7(13-14-8)9(15)11-5-6-1-2-6/h3-4,6H,1-2,5,10H2,(H,11,15)(H,12,14). The fraction of sp³-hybridized carbons (Fsp3) is 0.444. The smallest absolute Gasteiger partial charge is 0.271 e. The molecular weight excluding hydrogens is 194 g/mol. The van der Waals surface area contributed by atoms with Crippen LogP contribution in [0.1, 0.15) is 23.3 Å². The zero-order chi connectivity index (χ0) is 10.7. The molecule has 1 amide bonds. The Morgan fingerprint density at radius 1 is 1.47 bits per heavy atom. The maximum absolute atomic E-state index is 11.5. The molecule has 1 aromatic rings. The highest BCUT2D eigenvalue weighted by Crippen LogP contribution is 2.27. The predicted octanol–water partition coefficient (Wildman–Crippen LogP) is -0.0980. The molecule has 1 aliphatic rings. The SMILES string of the molecule is NNc1ccc(C(=O)NCC2CC2)nn1. The van der Waals surface area contributed by atoms with Gasteiger partial charge in [0.2, 0.25) is 0 Å². The minimum atomic E-state index is -0.182. The van der Waals surface area contributed by atoms with Crippen LogP contribution < -0.4 is 16.6 Å². The monoisotopic (exact) mass is 207 g/mol. The molecule has 1 aromatic heterocycles. The van der Waals surface area contributed by atoms with Crippen molar-refractivity contribution in [3.63, 3.8) is 0 Å². The molecule has 0 saturated heterocycles. The van der Waals surface area contributed by atoms with Gasteiger partial charge in [-0.25, -0.2) is 5.84 Å². The van der Waals surface area contributed by atoms with Crippen molar-refractivity contribution in [1.82, 2.24) is 15.5 Å². The summed E-state index contributed by atoms with van der Waals surface area (Å²) in [5.74, 6) is 6.04. The van der Waals surface area contributed by atoms with Crippen LogP contribution in [-0.4, -0.2) is 22.6 Å². The number of hydrogen-bond donors (Lipinski definition) is 3. The average molecular weight is 207 g/mol. The van der Waals surface area contributed by atoms with Crippen LogP contribution in [0, 0.1) is 5.92 Å². The lowest BCUT2D eigenvalue weighted by atomic mass is 10.3. The molecule has 0 atom stereocenters. The Labute approximate surface area is 87.2 Å². The summed E-state index contributed by atoms with van der Waals surface area (Å²) >= 11 is 0. The summed E-state index contributed by atoms with van der Waals surface area (Å²) in [6, 6.07) is 3.20. The van der Waals surface area contributed by atoms with E-state index in [2.05, 4.69) is 20.9 Å². The number of anilines is 1. The van der Waals surface area contributed by atoms with Gasteiger partial charge in [-0.15, -0.1) is 10.2 Å². The van der Waals surface area contributed by atoms with Gasteiger partial charge in [0.1, 0.15) is 0 Å². The van der Waals surface area contributed by atoms with Gasteiger partial charge in [0, 0.05) is 6.54 Å². The van der Waals surface area contributed by atoms with E-state index in [9.17, 15) is 4.79 Å². The van der Waals surface area contributed by atoms with Crippen molar-refractivity contribution < 1.29 is 4.79 Å². The molecule has 15 heavy (non-hydrogen) atoms. The summed E-state index contributed by atoms with van der Waals surface area (Å²) in [5.41, 5.74) is 2.66. The molecular formula is C9H13N5O. The first-order valence-corrected chi connectivity index (χ1v) is 4.88. The van der Waals surface area contributed by atoms with Crippen LogP contribution in [0.2, 0.25) is 0 Å². The van der Waals surface area contributed by atoms with Crippen molar-refractivity contribution in [1.29, 1.82) is 0 Å². The highest BCUT2D eigenvalue weighted by atomic mass is 16.1. The molecule has 1 fully saturated rings. The first kappa shape index (κ1) is 9.85. The van der Waals surface area contributed by atoms with E-state index in [0.717, 1.165) is 6.54 Å². The predicted molar refractivity (Wildman–Crippen MR) is 54.9 cm³/mol. The number of hydrazine groups is 1. The van der Waals surface area contributed by atoms with Gasteiger partial charge in [-0.1, -0.05) is 0 Å². The van der Waals surface area contributed by atoms with Crippen molar-refractivity contribution in [2.45, 2.75) is 12.8 Å². The average Bonchev–Trinajstić information content (AvgIpc) is 3.10. The fourth-order valence-corrected chi connectivity index (χ4v) is 1.18. The van der Waals surface area contributed by atoms with Crippen LogP contribution in [0.15, 0.2) is 12.1 Å². The molecule has 0 radical (unpaired) electrons. The van der Waals surface area contributed by atoms with Crippen LogP contribution in [0.4, 0.5) is 5.82 Å². The molecule has 6 heteroatoms. The highest BCUT2D eigenvalue weighted by Gasteiger charge is 2.22. The van der Waals surface area contributed by atoms with Crippen molar-refractivity contribution >= 4 is 11.7 Å². The van der Waals surface area contributed by atoms with Gasteiger partial charge < -0.3 is 10.7 Å². The second-order valence-corrected chi connectivity index (χ2v) is 3.60. The van der Waals surface area contributed by atoms with Gasteiger partial charge in [-0.2, -0.15) is 0 Å².